The molecule has 1 aromatic rings. The summed E-state index contributed by atoms with van der Waals surface area (Å²) in [5.41, 5.74) is 0.678. The van der Waals surface area contributed by atoms with Gasteiger partial charge in [-0.3, -0.25) is 0 Å². The molecular weight excluding hydrogens is 176 g/mol. The van der Waals surface area contributed by atoms with E-state index in [0.29, 0.717) is 0 Å². The lowest BCUT2D eigenvalue weighted by molar-refractivity contribution is 0.0604. The second-order valence-corrected chi connectivity index (χ2v) is 4.51. The molecule has 14 heavy (non-hydrogen) atoms. The summed E-state index contributed by atoms with van der Waals surface area (Å²) >= 11 is 0. The van der Waals surface area contributed by atoms with E-state index in [2.05, 4.69) is 0 Å². The fraction of sp³-hybridized carbons (Fsp3) is 0.500. The van der Waals surface area contributed by atoms with Crippen LogP contribution in [0.15, 0.2) is 24.3 Å². The third kappa shape index (κ3) is 2.26. The van der Waals surface area contributed by atoms with E-state index in [9.17, 15) is 5.11 Å². The van der Waals surface area contributed by atoms with Crippen LogP contribution in [0.2, 0.25) is 0 Å². The molecule has 1 N–H and O–H groups in total. The maximum atomic E-state index is 10.1. The molecule has 0 aliphatic carbocycles. The molecule has 0 aromatic heterocycles. The van der Waals surface area contributed by atoms with Crippen molar-refractivity contribution in [1.29, 1.82) is 0 Å². The molecule has 1 aromatic carbocycles. The van der Waals surface area contributed by atoms with Crippen LogP contribution in [-0.2, 0) is 0 Å². The Bertz CT molecular complexity index is 299. The van der Waals surface area contributed by atoms with Crippen LogP contribution in [0.1, 0.15) is 32.4 Å². The fourth-order valence-electron chi connectivity index (χ4n) is 1.36. The normalized spacial score (nSPS) is 13.8. The van der Waals surface area contributed by atoms with Gasteiger partial charge in [-0.25, -0.2) is 0 Å². The molecule has 0 heterocycles. The van der Waals surface area contributed by atoms with Gasteiger partial charge in [-0.15, -0.1) is 0 Å². The van der Waals surface area contributed by atoms with E-state index in [4.69, 9.17) is 4.74 Å². The zero-order valence-electron chi connectivity index (χ0n) is 9.24. The van der Waals surface area contributed by atoms with Gasteiger partial charge in [0.1, 0.15) is 5.75 Å². The molecule has 1 atom stereocenters. The minimum Gasteiger partial charge on any atom is -0.496 e. The van der Waals surface area contributed by atoms with Gasteiger partial charge < -0.3 is 9.84 Å². The zero-order chi connectivity index (χ0) is 10.8. The molecule has 0 spiro atoms. The highest BCUT2D eigenvalue weighted by Crippen LogP contribution is 2.36. The number of methoxy groups -OCH3 is 1. The predicted octanol–water partition coefficient (Wildman–Crippen LogP) is 2.77. The van der Waals surface area contributed by atoms with Gasteiger partial charge in [-0.1, -0.05) is 39.0 Å². The van der Waals surface area contributed by atoms with Crippen LogP contribution in [0.3, 0.4) is 0 Å². The number of rotatable bonds is 2. The molecule has 0 saturated heterocycles. The summed E-state index contributed by atoms with van der Waals surface area (Å²) < 4.78 is 5.20. The van der Waals surface area contributed by atoms with Crippen LogP contribution in [0.5, 0.6) is 5.75 Å². The fourth-order valence-corrected chi connectivity index (χ4v) is 1.36. The van der Waals surface area contributed by atoms with E-state index < -0.39 is 6.10 Å². The van der Waals surface area contributed by atoms with Crippen molar-refractivity contribution < 1.29 is 9.84 Å². The summed E-state index contributed by atoms with van der Waals surface area (Å²) in [5, 5.41) is 10.1. The van der Waals surface area contributed by atoms with Crippen molar-refractivity contribution in [3.8, 4) is 5.75 Å². The molecule has 0 radical (unpaired) electrons. The number of hydrogen-bond donors (Lipinski definition) is 1. The summed E-state index contributed by atoms with van der Waals surface area (Å²) in [7, 11) is 1.62. The van der Waals surface area contributed by atoms with Crippen molar-refractivity contribution in [3.63, 3.8) is 0 Å². The van der Waals surface area contributed by atoms with Gasteiger partial charge in [-0.05, 0) is 11.5 Å². The first-order valence-corrected chi connectivity index (χ1v) is 4.78. The van der Waals surface area contributed by atoms with Crippen LogP contribution in [0, 0.1) is 5.41 Å². The van der Waals surface area contributed by atoms with Crippen molar-refractivity contribution in [2.75, 3.05) is 7.11 Å². The van der Waals surface area contributed by atoms with E-state index in [1.165, 1.54) is 0 Å². The second-order valence-electron chi connectivity index (χ2n) is 4.51. The van der Waals surface area contributed by atoms with Gasteiger partial charge in [0, 0.05) is 5.56 Å². The lowest BCUT2D eigenvalue weighted by Crippen LogP contribution is -2.18. The summed E-state index contributed by atoms with van der Waals surface area (Å²) in [5.74, 6) is 0.745. The molecule has 0 aliphatic heterocycles. The standard InChI is InChI=1S/C12H18O2/c1-12(2,3)11(13)9-7-5-6-8-10(9)14-4/h5-8,11,13H,1-4H3. The lowest BCUT2D eigenvalue weighted by Gasteiger charge is -2.27. The SMILES string of the molecule is COc1ccccc1C(O)C(C)(C)C. The van der Waals surface area contributed by atoms with Crippen molar-refractivity contribution in [2.45, 2.75) is 26.9 Å². The van der Waals surface area contributed by atoms with Gasteiger partial charge >= 0.3 is 0 Å². The molecule has 2 heteroatoms. The highest BCUT2D eigenvalue weighted by Gasteiger charge is 2.25. The van der Waals surface area contributed by atoms with Crippen LogP contribution >= 0.6 is 0 Å². The molecule has 0 saturated carbocycles. The van der Waals surface area contributed by atoms with Gasteiger partial charge in [-0.2, -0.15) is 0 Å². The Morgan fingerprint density at radius 2 is 1.79 bits per heavy atom. The highest BCUT2D eigenvalue weighted by molar-refractivity contribution is 5.35. The molecule has 1 rings (SSSR count). The molecule has 0 aliphatic rings. The Hall–Kier alpha value is -1.02. The minimum atomic E-state index is -0.501. The molecule has 2 nitrogen and oxygen atoms in total. The van der Waals surface area contributed by atoms with Gasteiger partial charge in [0.15, 0.2) is 0 Å². The smallest absolute Gasteiger partial charge is 0.124 e. The van der Waals surface area contributed by atoms with E-state index in [0.717, 1.165) is 11.3 Å². The molecule has 0 bridgehead atoms. The molecule has 1 unspecified atom stereocenters. The number of hydrogen-bond acceptors (Lipinski definition) is 2. The number of aliphatic hydroxyl groups is 1. The Balaban J connectivity index is 3.06. The lowest BCUT2D eigenvalue weighted by atomic mass is 9.84. The monoisotopic (exact) mass is 194 g/mol. The summed E-state index contributed by atoms with van der Waals surface area (Å²) in [4.78, 5) is 0. The number of aliphatic hydroxyl groups excluding tert-OH is 1. The molecular formula is C12H18O2. The van der Waals surface area contributed by atoms with Crippen LogP contribution in [-0.4, -0.2) is 12.2 Å². The Labute approximate surface area is 85.5 Å². The van der Waals surface area contributed by atoms with E-state index in [1.54, 1.807) is 7.11 Å². The first kappa shape index (κ1) is 11.1. The first-order chi connectivity index (χ1) is 6.46. The topological polar surface area (TPSA) is 29.5 Å². The van der Waals surface area contributed by atoms with Gasteiger partial charge in [0.25, 0.3) is 0 Å². The third-order valence-electron chi connectivity index (χ3n) is 2.25. The van der Waals surface area contributed by atoms with Crippen molar-refractivity contribution >= 4 is 0 Å². The number of para-hydroxylation sites is 1. The second kappa shape index (κ2) is 4.01. The van der Waals surface area contributed by atoms with Gasteiger partial charge in [0.05, 0.1) is 13.2 Å². The zero-order valence-corrected chi connectivity index (χ0v) is 9.24. The van der Waals surface area contributed by atoms with Gasteiger partial charge in [0.2, 0.25) is 0 Å². The van der Waals surface area contributed by atoms with Crippen molar-refractivity contribution in [1.82, 2.24) is 0 Å². The summed E-state index contributed by atoms with van der Waals surface area (Å²) in [6.07, 6.45) is -0.501. The maximum Gasteiger partial charge on any atom is 0.124 e. The Morgan fingerprint density at radius 1 is 1.21 bits per heavy atom. The molecule has 0 amide bonds. The minimum absolute atomic E-state index is 0.172. The van der Waals surface area contributed by atoms with Crippen molar-refractivity contribution in [3.05, 3.63) is 29.8 Å². The van der Waals surface area contributed by atoms with E-state index >= 15 is 0 Å². The molecule has 78 valence electrons. The number of benzene rings is 1. The Kier molecular flexibility index (Phi) is 3.17. The van der Waals surface area contributed by atoms with E-state index in [1.807, 2.05) is 45.0 Å². The Morgan fingerprint density at radius 3 is 2.29 bits per heavy atom. The first-order valence-electron chi connectivity index (χ1n) is 4.78. The largest absolute Gasteiger partial charge is 0.496 e. The predicted molar refractivity (Wildman–Crippen MR) is 57.4 cm³/mol. The summed E-state index contributed by atoms with van der Waals surface area (Å²) in [6.45, 7) is 6.01. The molecule has 0 fully saturated rings. The summed E-state index contributed by atoms with van der Waals surface area (Å²) in [6, 6.07) is 7.57. The van der Waals surface area contributed by atoms with Crippen LogP contribution in [0.4, 0.5) is 0 Å². The quantitative estimate of drug-likeness (QED) is 0.784. The van der Waals surface area contributed by atoms with E-state index in [-0.39, 0.29) is 5.41 Å². The number of ether oxygens (including phenoxy) is 1. The average Bonchev–Trinajstić information content (AvgIpc) is 2.15. The average molecular weight is 194 g/mol. The third-order valence-corrected chi connectivity index (χ3v) is 2.25. The van der Waals surface area contributed by atoms with Crippen LogP contribution < -0.4 is 4.74 Å². The highest BCUT2D eigenvalue weighted by atomic mass is 16.5. The van der Waals surface area contributed by atoms with Crippen molar-refractivity contribution in [2.24, 2.45) is 5.41 Å². The van der Waals surface area contributed by atoms with Crippen LogP contribution in [0.25, 0.3) is 0 Å². The maximum absolute atomic E-state index is 10.1.